The fraction of sp³-hybridized carbons (Fsp3) is 1.00. The van der Waals surface area contributed by atoms with Gasteiger partial charge in [-0.1, -0.05) is 33.1 Å². The first kappa shape index (κ1) is 15.0. The summed E-state index contributed by atoms with van der Waals surface area (Å²) in [6, 6.07) is 0. The summed E-state index contributed by atoms with van der Waals surface area (Å²) in [7, 11) is -2.73. The van der Waals surface area contributed by atoms with Crippen molar-refractivity contribution in [2.45, 2.75) is 39.5 Å². The van der Waals surface area contributed by atoms with Gasteiger partial charge in [0.15, 0.2) is 0 Å². The van der Waals surface area contributed by atoms with Gasteiger partial charge in [-0.2, -0.15) is 0 Å². The van der Waals surface area contributed by atoms with E-state index in [0.29, 0.717) is 19.1 Å². The van der Waals surface area contributed by atoms with Gasteiger partial charge in [-0.25, -0.2) is 0 Å². The smallest absolute Gasteiger partial charge is 0.488 e. The van der Waals surface area contributed by atoms with E-state index in [1.54, 1.807) is 0 Å². The van der Waals surface area contributed by atoms with Crippen molar-refractivity contribution in [2.24, 2.45) is 5.92 Å². The number of ether oxygens (including phenoxy) is 1. The molecule has 0 aliphatic carbocycles. The number of unbranched alkanes of at least 4 members (excludes halogenated alkanes) is 1. The monoisotopic (exact) mass is 236 g/mol. The Morgan fingerprint density at radius 2 is 2.07 bits per heavy atom. The molecule has 0 radical (unpaired) electrons. The molecule has 4 nitrogen and oxygen atoms in total. The van der Waals surface area contributed by atoms with E-state index in [1.807, 2.05) is 0 Å². The molecule has 0 amide bonds. The zero-order valence-corrected chi connectivity index (χ0v) is 10.5. The number of rotatable bonds is 10. The molecule has 0 N–H and O–H groups in total. The maximum absolute atomic E-state index is 10.1. The predicted molar refractivity (Wildman–Crippen MR) is 57.7 cm³/mol. The van der Waals surface area contributed by atoms with Gasteiger partial charge in [-0.15, -0.1) is 4.52 Å². The molecule has 0 saturated carbocycles. The van der Waals surface area contributed by atoms with Crippen molar-refractivity contribution in [3.63, 3.8) is 0 Å². The molecule has 0 bridgehead atoms. The summed E-state index contributed by atoms with van der Waals surface area (Å²) < 4.78 is 19.8. The Labute approximate surface area is 92.9 Å². The summed E-state index contributed by atoms with van der Waals surface area (Å²) >= 11 is 0. The highest BCUT2D eigenvalue weighted by Crippen LogP contribution is 2.13. The Morgan fingerprint density at radius 1 is 1.33 bits per heavy atom. The van der Waals surface area contributed by atoms with E-state index in [0.717, 1.165) is 6.42 Å². The standard InChI is InChI=1S/C10H21O4P/c1-3-5-6-10(4-2)9-13-7-8-14-15(11)12/h10H,3-9H2,1-2H3. The minimum atomic E-state index is -2.73. The molecule has 5 heteroatoms. The van der Waals surface area contributed by atoms with Crippen LogP contribution in [0.15, 0.2) is 0 Å². The van der Waals surface area contributed by atoms with Crippen LogP contribution in [0.5, 0.6) is 0 Å². The van der Waals surface area contributed by atoms with Gasteiger partial charge in [-0.3, -0.25) is 0 Å². The average Bonchev–Trinajstić information content (AvgIpc) is 2.21. The third kappa shape index (κ3) is 10.3. The fourth-order valence-corrected chi connectivity index (χ4v) is 1.54. The summed E-state index contributed by atoms with van der Waals surface area (Å²) in [6.45, 7) is 5.51. The van der Waals surface area contributed by atoms with E-state index in [4.69, 9.17) is 4.74 Å². The highest BCUT2D eigenvalue weighted by atomic mass is 31.1. The molecule has 0 aliphatic heterocycles. The lowest BCUT2D eigenvalue weighted by Crippen LogP contribution is -2.12. The van der Waals surface area contributed by atoms with Crippen LogP contribution >= 0.6 is 8.25 Å². The van der Waals surface area contributed by atoms with E-state index >= 15 is 0 Å². The zero-order chi connectivity index (χ0) is 11.5. The predicted octanol–water partition coefficient (Wildman–Crippen LogP) is 2.25. The Morgan fingerprint density at radius 3 is 2.60 bits per heavy atom. The largest absolute Gasteiger partial charge is 0.566 e. The Balaban J connectivity index is 3.33. The third-order valence-corrected chi connectivity index (χ3v) is 2.71. The van der Waals surface area contributed by atoms with Crippen LogP contribution in [-0.2, 0) is 13.8 Å². The molecule has 0 aromatic rings. The van der Waals surface area contributed by atoms with Gasteiger partial charge >= 0.3 is 8.25 Å². The second kappa shape index (κ2) is 10.5. The minimum absolute atomic E-state index is 0.128. The van der Waals surface area contributed by atoms with Crippen LogP contribution in [-0.4, -0.2) is 19.8 Å². The molecule has 15 heavy (non-hydrogen) atoms. The molecule has 2 unspecified atom stereocenters. The summed E-state index contributed by atoms with van der Waals surface area (Å²) in [4.78, 5) is 10.1. The summed E-state index contributed by atoms with van der Waals surface area (Å²) in [5.74, 6) is 0.589. The van der Waals surface area contributed by atoms with Crippen molar-refractivity contribution in [1.82, 2.24) is 0 Å². The molecule has 0 spiro atoms. The van der Waals surface area contributed by atoms with Crippen LogP contribution in [0.3, 0.4) is 0 Å². The van der Waals surface area contributed by atoms with E-state index in [1.165, 1.54) is 19.3 Å². The van der Waals surface area contributed by atoms with Crippen LogP contribution in [0.1, 0.15) is 39.5 Å². The third-order valence-electron chi connectivity index (χ3n) is 2.32. The van der Waals surface area contributed by atoms with Gasteiger partial charge in [0, 0.05) is 6.61 Å². The van der Waals surface area contributed by atoms with Crippen LogP contribution in [0.4, 0.5) is 0 Å². The lowest BCUT2D eigenvalue weighted by Gasteiger charge is -2.13. The van der Waals surface area contributed by atoms with Crippen molar-refractivity contribution in [3.05, 3.63) is 0 Å². The Kier molecular flexibility index (Phi) is 10.5. The van der Waals surface area contributed by atoms with Crippen molar-refractivity contribution >= 4 is 8.25 Å². The van der Waals surface area contributed by atoms with E-state index in [2.05, 4.69) is 18.4 Å². The summed E-state index contributed by atoms with van der Waals surface area (Å²) in [6.07, 6.45) is 4.72. The first-order valence-electron chi connectivity index (χ1n) is 5.55. The zero-order valence-electron chi connectivity index (χ0n) is 9.61. The molecule has 0 heterocycles. The Bertz CT molecular complexity index is 164. The molecule has 0 aromatic heterocycles. The molecule has 0 rings (SSSR count). The molecular weight excluding hydrogens is 215 g/mol. The lowest BCUT2D eigenvalue weighted by atomic mass is 10.0. The molecule has 0 fully saturated rings. The molecule has 0 aliphatic rings. The minimum Gasteiger partial charge on any atom is -0.566 e. The molecule has 0 saturated heterocycles. The van der Waals surface area contributed by atoms with Crippen molar-refractivity contribution in [1.29, 1.82) is 0 Å². The highest BCUT2D eigenvalue weighted by molar-refractivity contribution is 7.30. The topological polar surface area (TPSA) is 58.6 Å². The maximum Gasteiger partial charge on any atom is 0.488 e. The van der Waals surface area contributed by atoms with Gasteiger partial charge in [0.1, 0.15) is 6.61 Å². The van der Waals surface area contributed by atoms with Crippen LogP contribution in [0, 0.1) is 5.92 Å². The van der Waals surface area contributed by atoms with Gasteiger partial charge in [0.2, 0.25) is 0 Å². The summed E-state index contributed by atoms with van der Waals surface area (Å²) in [5, 5.41) is 0. The van der Waals surface area contributed by atoms with Crippen molar-refractivity contribution in [2.75, 3.05) is 19.8 Å². The summed E-state index contributed by atoms with van der Waals surface area (Å²) in [5.41, 5.74) is 0. The van der Waals surface area contributed by atoms with Crippen LogP contribution < -0.4 is 4.89 Å². The van der Waals surface area contributed by atoms with Gasteiger partial charge < -0.3 is 9.63 Å². The van der Waals surface area contributed by atoms with E-state index in [-0.39, 0.29) is 6.61 Å². The molecule has 0 aromatic carbocycles. The normalized spacial score (nSPS) is 13.9. The average molecular weight is 236 g/mol. The lowest BCUT2D eigenvalue weighted by molar-refractivity contribution is -0.186. The molecular formula is C10H21O4P. The maximum atomic E-state index is 10.1. The second-order valence-corrected chi connectivity index (χ2v) is 4.25. The first-order valence-corrected chi connectivity index (χ1v) is 6.65. The van der Waals surface area contributed by atoms with E-state index in [9.17, 15) is 9.46 Å². The highest BCUT2D eigenvalue weighted by Gasteiger charge is 2.06. The van der Waals surface area contributed by atoms with Crippen molar-refractivity contribution < 1.29 is 18.7 Å². The van der Waals surface area contributed by atoms with Crippen LogP contribution in [0.25, 0.3) is 0 Å². The first-order chi connectivity index (χ1) is 7.20. The molecule has 90 valence electrons. The van der Waals surface area contributed by atoms with Crippen LogP contribution in [0.2, 0.25) is 0 Å². The molecule has 2 atom stereocenters. The second-order valence-electron chi connectivity index (χ2n) is 3.55. The van der Waals surface area contributed by atoms with Gasteiger partial charge in [0.25, 0.3) is 0 Å². The fourth-order valence-electron chi connectivity index (χ4n) is 1.32. The number of hydrogen-bond acceptors (Lipinski definition) is 4. The van der Waals surface area contributed by atoms with Gasteiger partial charge in [-0.05, 0) is 16.9 Å². The quantitative estimate of drug-likeness (QED) is 0.431. The SMILES string of the molecule is CCCCC(CC)COCCO[P+](=O)[O-]. The van der Waals surface area contributed by atoms with Crippen molar-refractivity contribution in [3.8, 4) is 0 Å². The van der Waals surface area contributed by atoms with Gasteiger partial charge in [0.05, 0.1) is 6.61 Å². The van der Waals surface area contributed by atoms with E-state index < -0.39 is 8.25 Å². The Hall–Kier alpha value is -0.0200. The number of hydrogen-bond donors (Lipinski definition) is 0.